The minimum atomic E-state index is -0.258. The van der Waals surface area contributed by atoms with Crippen molar-refractivity contribution in [3.63, 3.8) is 0 Å². The molecule has 0 atom stereocenters. The number of carbonyl (C=O) groups excluding carboxylic acids is 1. The van der Waals surface area contributed by atoms with Gasteiger partial charge in [0.1, 0.15) is 5.00 Å². The lowest BCUT2D eigenvalue weighted by atomic mass is 9.91. The van der Waals surface area contributed by atoms with Crippen molar-refractivity contribution in [3.8, 4) is 5.00 Å². The molecule has 104 valence electrons. The highest BCUT2D eigenvalue weighted by molar-refractivity contribution is 7.15. The number of thiophene rings is 1. The summed E-state index contributed by atoms with van der Waals surface area (Å²) in [6, 6.07) is 0. The first kappa shape index (κ1) is 13.1. The normalized spacial score (nSPS) is 16.2. The maximum Gasteiger partial charge on any atom is 0.330 e. The highest BCUT2D eigenvalue weighted by Gasteiger charge is 2.21. The number of imidazole rings is 1. The molecule has 0 spiro atoms. The van der Waals surface area contributed by atoms with Crippen LogP contribution in [-0.2, 0) is 22.4 Å². The largest absolute Gasteiger partial charge is 0.466 e. The van der Waals surface area contributed by atoms with Gasteiger partial charge in [-0.3, -0.25) is 4.57 Å². The molecule has 4 nitrogen and oxygen atoms in total. The summed E-state index contributed by atoms with van der Waals surface area (Å²) in [4.78, 5) is 16.8. The Morgan fingerprint density at radius 1 is 1.50 bits per heavy atom. The lowest BCUT2D eigenvalue weighted by Crippen LogP contribution is -2.06. The van der Waals surface area contributed by atoms with Gasteiger partial charge in [-0.05, 0) is 30.9 Å². The topological polar surface area (TPSA) is 44.1 Å². The smallest absolute Gasteiger partial charge is 0.330 e. The second-order valence-electron chi connectivity index (χ2n) is 4.91. The first-order chi connectivity index (χ1) is 9.69. The first-order valence-corrected chi connectivity index (χ1v) is 7.37. The Labute approximate surface area is 121 Å². The molecule has 0 radical (unpaired) electrons. The first-order valence-electron chi connectivity index (χ1n) is 6.56. The molecule has 0 saturated heterocycles. The molecule has 1 aliphatic rings. The Hall–Kier alpha value is -1.88. The zero-order valence-electron chi connectivity index (χ0n) is 11.5. The lowest BCUT2D eigenvalue weighted by molar-refractivity contribution is -0.134. The molecule has 0 aliphatic heterocycles. The van der Waals surface area contributed by atoms with E-state index in [2.05, 4.69) is 16.5 Å². The minimum Gasteiger partial charge on any atom is -0.466 e. The Morgan fingerprint density at radius 3 is 3.05 bits per heavy atom. The van der Waals surface area contributed by atoms with Gasteiger partial charge in [0.15, 0.2) is 0 Å². The molecule has 5 heteroatoms. The summed E-state index contributed by atoms with van der Waals surface area (Å²) in [5.74, 6) is -0.258. The molecule has 20 heavy (non-hydrogen) atoms. The maximum absolute atomic E-state index is 11.3. The van der Waals surface area contributed by atoms with Crippen molar-refractivity contribution < 1.29 is 9.53 Å². The van der Waals surface area contributed by atoms with Gasteiger partial charge in [-0.1, -0.05) is 5.57 Å². The average molecular weight is 288 g/mol. The van der Waals surface area contributed by atoms with E-state index in [-0.39, 0.29) is 5.97 Å². The van der Waals surface area contributed by atoms with Gasteiger partial charge >= 0.3 is 5.97 Å². The quantitative estimate of drug-likeness (QED) is 0.630. The molecule has 3 rings (SSSR count). The van der Waals surface area contributed by atoms with Gasteiger partial charge in [0.2, 0.25) is 0 Å². The third-order valence-electron chi connectivity index (χ3n) is 3.68. The lowest BCUT2D eigenvalue weighted by Gasteiger charge is -2.15. The molecule has 2 heterocycles. The van der Waals surface area contributed by atoms with E-state index in [0.717, 1.165) is 24.8 Å². The summed E-state index contributed by atoms with van der Waals surface area (Å²) < 4.78 is 6.76. The number of carbonyl (C=O) groups is 1. The number of allylic oxidation sites excluding steroid dienone is 1. The van der Waals surface area contributed by atoms with Crippen LogP contribution in [-0.4, -0.2) is 22.6 Å². The summed E-state index contributed by atoms with van der Waals surface area (Å²) in [5, 5.41) is 1.23. The van der Waals surface area contributed by atoms with Crippen molar-refractivity contribution in [1.29, 1.82) is 0 Å². The summed E-state index contributed by atoms with van der Waals surface area (Å²) in [7, 11) is 1.42. The molecule has 0 bridgehead atoms. The number of methoxy groups -OCH3 is 1. The fourth-order valence-electron chi connectivity index (χ4n) is 2.62. The second kappa shape index (κ2) is 5.25. The third kappa shape index (κ3) is 2.29. The molecule has 0 aromatic carbocycles. The summed E-state index contributed by atoms with van der Waals surface area (Å²) in [6.45, 7) is 2.17. The SMILES string of the molecule is COC(=O)C=C1CCc2c(sc(-n3ccnc3)c2C)C1. The summed E-state index contributed by atoms with van der Waals surface area (Å²) >= 11 is 1.79. The molecule has 0 fully saturated rings. The van der Waals surface area contributed by atoms with Crippen LogP contribution in [0.4, 0.5) is 0 Å². The van der Waals surface area contributed by atoms with Gasteiger partial charge in [-0.15, -0.1) is 11.3 Å². The Morgan fingerprint density at radius 2 is 2.35 bits per heavy atom. The summed E-state index contributed by atoms with van der Waals surface area (Å²) in [5.41, 5.74) is 3.92. The number of rotatable bonds is 2. The molecule has 0 N–H and O–H groups in total. The van der Waals surface area contributed by atoms with Gasteiger partial charge in [0, 0.05) is 29.8 Å². The predicted octanol–water partition coefficient (Wildman–Crippen LogP) is 2.83. The molecular weight excluding hydrogens is 272 g/mol. The number of ether oxygens (including phenoxy) is 1. The Balaban J connectivity index is 1.94. The molecule has 2 aromatic rings. The monoisotopic (exact) mass is 288 g/mol. The van der Waals surface area contributed by atoms with Gasteiger partial charge in [0.05, 0.1) is 13.4 Å². The van der Waals surface area contributed by atoms with Crippen molar-refractivity contribution in [2.75, 3.05) is 7.11 Å². The highest BCUT2D eigenvalue weighted by atomic mass is 32.1. The zero-order valence-corrected chi connectivity index (χ0v) is 12.4. The number of nitrogens with zero attached hydrogens (tertiary/aromatic N) is 2. The molecular formula is C15H16N2O2S. The van der Waals surface area contributed by atoms with Crippen LogP contribution in [0.2, 0.25) is 0 Å². The van der Waals surface area contributed by atoms with Crippen LogP contribution in [0, 0.1) is 6.92 Å². The van der Waals surface area contributed by atoms with E-state index in [0.29, 0.717) is 0 Å². The highest BCUT2D eigenvalue weighted by Crippen LogP contribution is 2.37. The second-order valence-corrected chi connectivity index (χ2v) is 5.99. The minimum absolute atomic E-state index is 0.258. The van der Waals surface area contributed by atoms with E-state index in [1.54, 1.807) is 23.6 Å². The number of esters is 1. The molecule has 0 amide bonds. The van der Waals surface area contributed by atoms with Crippen molar-refractivity contribution in [2.45, 2.75) is 26.2 Å². The Bertz CT molecular complexity index is 668. The number of hydrogen-bond donors (Lipinski definition) is 0. The van der Waals surface area contributed by atoms with E-state index >= 15 is 0 Å². The van der Waals surface area contributed by atoms with E-state index in [1.165, 1.54) is 28.1 Å². The van der Waals surface area contributed by atoms with Crippen LogP contribution in [0.25, 0.3) is 5.00 Å². The van der Waals surface area contributed by atoms with Crippen LogP contribution in [0.5, 0.6) is 0 Å². The fourth-order valence-corrected chi connectivity index (χ4v) is 3.98. The summed E-state index contributed by atoms with van der Waals surface area (Å²) in [6.07, 6.45) is 10.0. The standard InChI is InChI=1S/C15H16N2O2S/c1-10-12-4-3-11(8-14(18)19-2)7-13(12)20-15(10)17-6-5-16-9-17/h5-6,8-9H,3-4,7H2,1-2H3. The van der Waals surface area contributed by atoms with Crippen LogP contribution < -0.4 is 0 Å². The predicted molar refractivity (Wildman–Crippen MR) is 78.3 cm³/mol. The van der Waals surface area contributed by atoms with Crippen molar-refractivity contribution in [1.82, 2.24) is 9.55 Å². The van der Waals surface area contributed by atoms with Gasteiger partial charge in [-0.2, -0.15) is 0 Å². The Kier molecular flexibility index (Phi) is 3.44. The molecule has 2 aromatic heterocycles. The van der Waals surface area contributed by atoms with Gasteiger partial charge in [-0.25, -0.2) is 9.78 Å². The van der Waals surface area contributed by atoms with Crippen LogP contribution in [0.15, 0.2) is 30.4 Å². The van der Waals surface area contributed by atoms with Crippen molar-refractivity contribution in [2.24, 2.45) is 0 Å². The van der Waals surface area contributed by atoms with Crippen LogP contribution >= 0.6 is 11.3 Å². The number of aromatic nitrogens is 2. The zero-order chi connectivity index (χ0) is 14.1. The van der Waals surface area contributed by atoms with Crippen LogP contribution in [0.1, 0.15) is 22.4 Å². The van der Waals surface area contributed by atoms with Crippen LogP contribution in [0.3, 0.4) is 0 Å². The fraction of sp³-hybridized carbons (Fsp3) is 0.333. The van der Waals surface area contributed by atoms with Crippen molar-refractivity contribution >= 4 is 17.3 Å². The third-order valence-corrected chi connectivity index (χ3v) is 5.02. The van der Waals surface area contributed by atoms with Gasteiger partial charge < -0.3 is 4.74 Å². The van der Waals surface area contributed by atoms with Gasteiger partial charge in [0.25, 0.3) is 0 Å². The molecule has 1 aliphatic carbocycles. The van der Waals surface area contributed by atoms with E-state index < -0.39 is 0 Å². The molecule has 0 saturated carbocycles. The van der Waals surface area contributed by atoms with Crippen molar-refractivity contribution in [3.05, 3.63) is 46.4 Å². The number of fused-ring (bicyclic) bond motifs is 1. The number of hydrogen-bond acceptors (Lipinski definition) is 4. The van der Waals surface area contributed by atoms with E-state index in [4.69, 9.17) is 4.74 Å². The molecule has 0 unspecified atom stereocenters. The average Bonchev–Trinajstić information content (AvgIpc) is 3.07. The van der Waals surface area contributed by atoms with E-state index in [9.17, 15) is 4.79 Å². The maximum atomic E-state index is 11.3. The van der Waals surface area contributed by atoms with E-state index in [1.807, 2.05) is 12.5 Å².